The Bertz CT molecular complexity index is 1090. The van der Waals surface area contributed by atoms with Crippen molar-refractivity contribution in [3.63, 3.8) is 0 Å². The molecule has 7 heteroatoms. The summed E-state index contributed by atoms with van der Waals surface area (Å²) in [6.07, 6.45) is 4.50. The number of carbonyl (C=O) groups is 2. The van der Waals surface area contributed by atoms with Gasteiger partial charge in [0.15, 0.2) is 11.5 Å². The number of ketones is 1. The molecule has 0 bridgehead atoms. The summed E-state index contributed by atoms with van der Waals surface area (Å²) in [6.45, 7) is 1.81. The number of hydrogen-bond donors (Lipinski definition) is 1. The van der Waals surface area contributed by atoms with E-state index in [0.717, 1.165) is 5.56 Å². The summed E-state index contributed by atoms with van der Waals surface area (Å²) in [7, 11) is 0. The lowest BCUT2D eigenvalue weighted by Gasteiger charge is -2.28. The standard InChI is InChI=1S/C21H15ClN2O4/c1-12-11-14(22)4-5-15(12)24-18(13-6-8-23-9-7-13)17(20(26)21(24)27)19(25)16-3-2-10-28-16/h2-11,18,26H,1H3. The molecule has 0 fully saturated rings. The molecule has 4 rings (SSSR count). The number of hydrogen-bond acceptors (Lipinski definition) is 5. The summed E-state index contributed by atoms with van der Waals surface area (Å²) in [6, 6.07) is 10.7. The third kappa shape index (κ3) is 2.88. The highest BCUT2D eigenvalue weighted by molar-refractivity contribution is 6.30. The SMILES string of the molecule is Cc1cc(Cl)ccc1N1C(=O)C(O)=C(C(=O)c2ccco2)C1c1ccncc1. The smallest absolute Gasteiger partial charge is 0.294 e. The lowest BCUT2D eigenvalue weighted by molar-refractivity contribution is -0.117. The van der Waals surface area contributed by atoms with Gasteiger partial charge >= 0.3 is 0 Å². The molecule has 1 N–H and O–H groups in total. The van der Waals surface area contributed by atoms with Gasteiger partial charge in [0.25, 0.3) is 5.91 Å². The van der Waals surface area contributed by atoms with Crippen molar-refractivity contribution in [3.8, 4) is 0 Å². The Morgan fingerprint density at radius 2 is 1.96 bits per heavy atom. The van der Waals surface area contributed by atoms with E-state index in [1.807, 2.05) is 6.92 Å². The number of carbonyl (C=O) groups excluding carboxylic acids is 2. The van der Waals surface area contributed by atoms with Crippen LogP contribution >= 0.6 is 11.6 Å². The van der Waals surface area contributed by atoms with E-state index in [1.54, 1.807) is 48.8 Å². The van der Waals surface area contributed by atoms with Crippen LogP contribution in [-0.2, 0) is 4.79 Å². The van der Waals surface area contributed by atoms with Gasteiger partial charge in [0.1, 0.15) is 0 Å². The number of benzene rings is 1. The topological polar surface area (TPSA) is 83.6 Å². The molecule has 28 heavy (non-hydrogen) atoms. The zero-order chi connectivity index (χ0) is 19.8. The predicted molar refractivity (Wildman–Crippen MR) is 103 cm³/mol. The van der Waals surface area contributed by atoms with Gasteiger partial charge in [-0.3, -0.25) is 19.5 Å². The number of Topliss-reactive ketones (excluding diaryl/α,β-unsaturated/α-hetero) is 1. The highest BCUT2D eigenvalue weighted by atomic mass is 35.5. The number of aliphatic hydroxyl groups is 1. The van der Waals surface area contributed by atoms with Gasteiger partial charge in [-0.15, -0.1) is 0 Å². The maximum absolute atomic E-state index is 13.0. The van der Waals surface area contributed by atoms with E-state index >= 15 is 0 Å². The molecule has 1 aromatic carbocycles. The lowest BCUT2D eigenvalue weighted by Crippen LogP contribution is -2.31. The molecule has 1 aliphatic rings. The molecule has 2 aromatic heterocycles. The summed E-state index contributed by atoms with van der Waals surface area (Å²) in [5.74, 6) is -1.77. The van der Waals surface area contributed by atoms with E-state index in [9.17, 15) is 14.7 Å². The first kappa shape index (κ1) is 18.0. The Morgan fingerprint density at radius 1 is 1.21 bits per heavy atom. The van der Waals surface area contributed by atoms with Crippen molar-refractivity contribution >= 4 is 29.0 Å². The van der Waals surface area contributed by atoms with Gasteiger partial charge in [-0.1, -0.05) is 11.6 Å². The zero-order valence-electron chi connectivity index (χ0n) is 14.8. The maximum Gasteiger partial charge on any atom is 0.294 e. The Kier molecular flexibility index (Phi) is 4.49. The lowest BCUT2D eigenvalue weighted by atomic mass is 9.95. The minimum Gasteiger partial charge on any atom is -0.503 e. The first-order valence-corrected chi connectivity index (χ1v) is 8.88. The molecule has 140 valence electrons. The van der Waals surface area contributed by atoms with E-state index in [4.69, 9.17) is 16.0 Å². The number of rotatable bonds is 4. The molecular weight excluding hydrogens is 380 g/mol. The number of aromatic nitrogens is 1. The van der Waals surface area contributed by atoms with Crippen molar-refractivity contribution in [2.45, 2.75) is 13.0 Å². The van der Waals surface area contributed by atoms with Gasteiger partial charge in [0, 0.05) is 23.1 Å². The van der Waals surface area contributed by atoms with Crippen LogP contribution in [0.2, 0.25) is 5.02 Å². The van der Waals surface area contributed by atoms with Crippen LogP contribution in [0.1, 0.15) is 27.7 Å². The molecule has 0 radical (unpaired) electrons. The molecule has 0 saturated heterocycles. The number of halogens is 1. The van der Waals surface area contributed by atoms with Crippen LogP contribution in [0.25, 0.3) is 0 Å². The molecule has 1 atom stereocenters. The van der Waals surface area contributed by atoms with Crippen LogP contribution in [0, 0.1) is 6.92 Å². The fourth-order valence-electron chi connectivity index (χ4n) is 3.38. The summed E-state index contributed by atoms with van der Waals surface area (Å²) >= 11 is 6.05. The van der Waals surface area contributed by atoms with Crippen molar-refractivity contribution in [2.24, 2.45) is 0 Å². The monoisotopic (exact) mass is 394 g/mol. The number of aryl methyl sites for hydroxylation is 1. The number of furan rings is 1. The highest BCUT2D eigenvalue weighted by Crippen LogP contribution is 2.43. The number of anilines is 1. The van der Waals surface area contributed by atoms with Gasteiger partial charge in [-0.25, -0.2) is 0 Å². The fourth-order valence-corrected chi connectivity index (χ4v) is 3.60. The second-order valence-corrected chi connectivity index (χ2v) is 6.79. The summed E-state index contributed by atoms with van der Waals surface area (Å²) in [4.78, 5) is 31.4. The van der Waals surface area contributed by atoms with E-state index in [1.165, 1.54) is 17.2 Å². The van der Waals surface area contributed by atoms with Crippen LogP contribution < -0.4 is 4.90 Å². The molecule has 1 unspecified atom stereocenters. The zero-order valence-corrected chi connectivity index (χ0v) is 15.6. The van der Waals surface area contributed by atoms with Gasteiger partial charge in [0.2, 0.25) is 5.78 Å². The number of aliphatic hydroxyl groups excluding tert-OH is 1. The summed E-state index contributed by atoms with van der Waals surface area (Å²) in [5, 5.41) is 11.1. The normalized spacial score (nSPS) is 16.7. The van der Waals surface area contributed by atoms with Gasteiger partial charge < -0.3 is 9.52 Å². The molecule has 3 aromatic rings. The van der Waals surface area contributed by atoms with Crippen LogP contribution in [0.15, 0.2) is 76.9 Å². The van der Waals surface area contributed by atoms with E-state index in [0.29, 0.717) is 16.3 Å². The molecular formula is C21H15ClN2O4. The Hall–Kier alpha value is -3.38. The molecule has 0 spiro atoms. The fraction of sp³-hybridized carbons (Fsp3) is 0.0952. The average molecular weight is 395 g/mol. The Morgan fingerprint density at radius 3 is 2.61 bits per heavy atom. The van der Waals surface area contributed by atoms with Gasteiger partial charge in [-0.2, -0.15) is 0 Å². The third-order valence-corrected chi connectivity index (χ3v) is 4.87. The number of pyridine rings is 1. The molecule has 3 heterocycles. The van der Waals surface area contributed by atoms with Crippen LogP contribution in [0.5, 0.6) is 0 Å². The molecule has 0 aliphatic carbocycles. The minimum absolute atomic E-state index is 0.0412. The van der Waals surface area contributed by atoms with Crippen molar-refractivity contribution in [1.29, 1.82) is 0 Å². The molecule has 0 saturated carbocycles. The van der Waals surface area contributed by atoms with Crippen LogP contribution in [0.4, 0.5) is 5.69 Å². The highest BCUT2D eigenvalue weighted by Gasteiger charge is 2.45. The van der Waals surface area contributed by atoms with Crippen molar-refractivity contribution in [2.75, 3.05) is 4.90 Å². The summed E-state index contributed by atoms with van der Waals surface area (Å²) in [5.41, 5.74) is 1.88. The number of amides is 1. The second kappa shape index (κ2) is 6.98. The van der Waals surface area contributed by atoms with Gasteiger partial charge in [0.05, 0.1) is 17.9 Å². The summed E-state index contributed by atoms with van der Waals surface area (Å²) < 4.78 is 5.20. The van der Waals surface area contributed by atoms with Crippen LogP contribution in [-0.4, -0.2) is 21.8 Å². The first-order valence-electron chi connectivity index (χ1n) is 8.50. The third-order valence-electron chi connectivity index (χ3n) is 4.64. The number of nitrogens with zero attached hydrogens (tertiary/aromatic N) is 2. The van der Waals surface area contributed by atoms with Crippen molar-refractivity contribution in [1.82, 2.24) is 4.98 Å². The van der Waals surface area contributed by atoms with Crippen molar-refractivity contribution < 1.29 is 19.1 Å². The minimum atomic E-state index is -0.826. The quantitative estimate of drug-likeness (QED) is 0.662. The maximum atomic E-state index is 13.0. The van der Waals surface area contributed by atoms with E-state index in [-0.39, 0.29) is 11.3 Å². The Labute approximate surface area is 165 Å². The largest absolute Gasteiger partial charge is 0.503 e. The van der Waals surface area contributed by atoms with Crippen LogP contribution in [0.3, 0.4) is 0 Å². The van der Waals surface area contributed by atoms with E-state index < -0.39 is 23.5 Å². The Balaban J connectivity index is 1.90. The molecule has 1 amide bonds. The van der Waals surface area contributed by atoms with Gasteiger partial charge in [-0.05, 0) is 60.5 Å². The first-order chi connectivity index (χ1) is 13.5. The van der Waals surface area contributed by atoms with E-state index in [2.05, 4.69) is 4.98 Å². The average Bonchev–Trinajstić information content (AvgIpc) is 3.31. The molecule has 1 aliphatic heterocycles. The molecule has 6 nitrogen and oxygen atoms in total. The second-order valence-electron chi connectivity index (χ2n) is 6.36. The predicted octanol–water partition coefficient (Wildman–Crippen LogP) is 4.42. The van der Waals surface area contributed by atoms with Crippen molar-refractivity contribution in [3.05, 3.63) is 94.4 Å².